The van der Waals surface area contributed by atoms with Crippen LogP contribution in [0.2, 0.25) is 0 Å². The van der Waals surface area contributed by atoms with Gasteiger partial charge in [-0.2, -0.15) is 0 Å². The van der Waals surface area contributed by atoms with Crippen molar-refractivity contribution in [3.8, 4) is 0 Å². The molecule has 0 fully saturated rings. The van der Waals surface area contributed by atoms with Gasteiger partial charge in [-0.1, -0.05) is 50.2 Å². The molecule has 6 nitrogen and oxygen atoms in total. The first-order chi connectivity index (χ1) is 15.9. The van der Waals surface area contributed by atoms with Crippen molar-refractivity contribution in [2.24, 2.45) is 0 Å². The van der Waals surface area contributed by atoms with Gasteiger partial charge < -0.3 is 5.32 Å². The number of urea groups is 1. The number of benzene rings is 2. The van der Waals surface area contributed by atoms with E-state index in [-0.39, 0.29) is 11.8 Å². The zero-order valence-electron chi connectivity index (χ0n) is 19.7. The van der Waals surface area contributed by atoms with E-state index in [1.807, 2.05) is 37.3 Å². The lowest BCUT2D eigenvalue weighted by Gasteiger charge is -2.30. The maximum absolute atomic E-state index is 13.1. The highest BCUT2D eigenvalue weighted by molar-refractivity contribution is 7.90. The number of rotatable bonds is 9. The minimum absolute atomic E-state index is 0.163. The first-order valence-corrected chi connectivity index (χ1v) is 13.8. The molecule has 0 saturated heterocycles. The summed E-state index contributed by atoms with van der Waals surface area (Å²) in [7, 11) is -3.85. The Kier molecular flexibility index (Phi) is 7.39. The van der Waals surface area contributed by atoms with Crippen molar-refractivity contribution in [3.63, 3.8) is 0 Å². The summed E-state index contributed by atoms with van der Waals surface area (Å²) in [6.45, 7) is 5.65. The fourth-order valence-electron chi connectivity index (χ4n) is 5.41. The second kappa shape index (κ2) is 10.3. The normalized spacial score (nSPS) is 15.8. The fourth-order valence-corrected chi connectivity index (χ4v) is 6.64. The summed E-state index contributed by atoms with van der Waals surface area (Å²) in [6, 6.07) is 11.0. The van der Waals surface area contributed by atoms with Gasteiger partial charge in [-0.25, -0.2) is 17.9 Å². The molecule has 2 N–H and O–H groups in total. The zero-order valence-corrected chi connectivity index (χ0v) is 20.5. The summed E-state index contributed by atoms with van der Waals surface area (Å²) in [5, 5.41) is 2.94. The summed E-state index contributed by atoms with van der Waals surface area (Å²) >= 11 is 0. The van der Waals surface area contributed by atoms with Gasteiger partial charge in [-0.05, 0) is 85.9 Å². The predicted octanol–water partition coefficient (Wildman–Crippen LogP) is 4.59. The van der Waals surface area contributed by atoms with Crippen LogP contribution in [0.4, 0.5) is 10.5 Å². The molecule has 0 saturated carbocycles. The number of sulfonamides is 1. The van der Waals surface area contributed by atoms with E-state index in [1.165, 1.54) is 22.3 Å². The van der Waals surface area contributed by atoms with Crippen LogP contribution < -0.4 is 10.0 Å². The van der Waals surface area contributed by atoms with Crippen LogP contribution in [0, 0.1) is 0 Å². The quantitative estimate of drug-likeness (QED) is 0.563. The number of carbonyl (C=O) groups is 1. The number of amides is 2. The fraction of sp³-hybridized carbons (Fsp3) is 0.500. The molecule has 4 rings (SSSR count). The number of carbonyl (C=O) groups excluding carboxylic acids is 1. The molecule has 2 amide bonds. The molecule has 2 aliphatic rings. The third kappa shape index (κ3) is 5.41. The van der Waals surface area contributed by atoms with E-state index in [4.69, 9.17) is 0 Å². The molecule has 1 atom stereocenters. The lowest BCUT2D eigenvalue weighted by Crippen LogP contribution is -2.41. The molecule has 0 bridgehead atoms. The van der Waals surface area contributed by atoms with Crippen LogP contribution in [0.15, 0.2) is 36.4 Å². The van der Waals surface area contributed by atoms with E-state index < -0.39 is 16.1 Å². The molecule has 178 valence electrons. The molecule has 0 radical (unpaired) electrons. The monoisotopic (exact) mass is 469 g/mol. The van der Waals surface area contributed by atoms with Crippen molar-refractivity contribution in [2.75, 3.05) is 24.2 Å². The molecule has 33 heavy (non-hydrogen) atoms. The van der Waals surface area contributed by atoms with Gasteiger partial charge in [-0.3, -0.25) is 4.90 Å². The highest BCUT2D eigenvalue weighted by Crippen LogP contribution is 2.38. The van der Waals surface area contributed by atoms with Crippen LogP contribution in [-0.4, -0.2) is 38.2 Å². The summed E-state index contributed by atoms with van der Waals surface area (Å²) < 4.78 is 28.5. The van der Waals surface area contributed by atoms with Crippen LogP contribution in [0.3, 0.4) is 0 Å². The zero-order chi connectivity index (χ0) is 23.4. The first kappa shape index (κ1) is 23.8. The van der Waals surface area contributed by atoms with E-state index in [1.54, 1.807) is 0 Å². The Morgan fingerprint density at radius 3 is 2.21 bits per heavy atom. The highest BCUT2D eigenvalue weighted by Gasteiger charge is 2.29. The molecule has 0 aliphatic heterocycles. The highest BCUT2D eigenvalue weighted by atomic mass is 32.2. The van der Waals surface area contributed by atoms with Gasteiger partial charge in [0.2, 0.25) is 10.0 Å². The molecule has 2 aliphatic carbocycles. The van der Waals surface area contributed by atoms with Gasteiger partial charge in [0, 0.05) is 5.69 Å². The van der Waals surface area contributed by atoms with Crippen LogP contribution >= 0.6 is 0 Å². The van der Waals surface area contributed by atoms with Crippen molar-refractivity contribution in [1.29, 1.82) is 0 Å². The van der Waals surface area contributed by atoms with Crippen molar-refractivity contribution < 1.29 is 13.2 Å². The molecule has 0 heterocycles. The number of fused-ring (bicyclic) bond motifs is 2. The van der Waals surface area contributed by atoms with E-state index in [2.05, 4.69) is 27.9 Å². The van der Waals surface area contributed by atoms with Crippen LogP contribution in [0.1, 0.15) is 67.0 Å². The number of aryl methyl sites for hydroxylation is 2. The summed E-state index contributed by atoms with van der Waals surface area (Å²) in [5.74, 6) is -0.163. The minimum atomic E-state index is -3.85. The van der Waals surface area contributed by atoms with Crippen LogP contribution in [0.5, 0.6) is 0 Å². The van der Waals surface area contributed by atoms with Crippen LogP contribution in [0.25, 0.3) is 0 Å². The Morgan fingerprint density at radius 1 is 1.00 bits per heavy atom. The summed E-state index contributed by atoms with van der Waals surface area (Å²) in [4.78, 5) is 15.1. The second-order valence-corrected chi connectivity index (χ2v) is 10.9. The van der Waals surface area contributed by atoms with Gasteiger partial charge in [0.1, 0.15) is 0 Å². The molecule has 1 unspecified atom stereocenters. The Bertz CT molecular complexity index is 1070. The Labute approximate surface area is 197 Å². The molecular formula is C26H35N3O3S. The largest absolute Gasteiger partial charge is 0.332 e. The Balaban J connectivity index is 1.52. The van der Waals surface area contributed by atoms with E-state index >= 15 is 0 Å². The van der Waals surface area contributed by atoms with Gasteiger partial charge in [-0.15, -0.1) is 0 Å². The summed E-state index contributed by atoms with van der Waals surface area (Å²) in [6.07, 6.45) is 7.01. The average molecular weight is 470 g/mol. The van der Waals surface area contributed by atoms with E-state index in [0.717, 1.165) is 69.3 Å². The predicted molar refractivity (Wildman–Crippen MR) is 133 cm³/mol. The molecule has 0 spiro atoms. The lowest BCUT2D eigenvalue weighted by atomic mass is 9.99. The number of nitrogens with one attached hydrogen (secondary N) is 2. The van der Waals surface area contributed by atoms with Gasteiger partial charge in [0.25, 0.3) is 0 Å². The second-order valence-electron chi connectivity index (χ2n) is 9.13. The molecule has 0 aromatic heterocycles. The maximum Gasteiger partial charge on any atom is 0.332 e. The van der Waals surface area contributed by atoms with Crippen molar-refractivity contribution >= 4 is 21.7 Å². The van der Waals surface area contributed by atoms with Crippen molar-refractivity contribution in [3.05, 3.63) is 64.2 Å². The molecule has 2 aromatic rings. The van der Waals surface area contributed by atoms with Crippen LogP contribution in [-0.2, 0) is 35.7 Å². The third-order valence-electron chi connectivity index (χ3n) is 6.88. The Hall–Kier alpha value is -2.38. The smallest absolute Gasteiger partial charge is 0.307 e. The standard InChI is InChI=1S/C26H35N3O3S/c1-3-16-29(4-2)24(19-10-6-5-7-11-19)18-33(31,32)28-26(30)27-25-22-14-8-12-20(22)17-21-13-9-15-23(21)25/h5-7,10-11,17,24H,3-4,8-9,12-16,18H2,1-2H3,(H2,27,28,30). The number of anilines is 1. The maximum atomic E-state index is 13.1. The first-order valence-electron chi connectivity index (χ1n) is 12.2. The van der Waals surface area contributed by atoms with Crippen molar-refractivity contribution in [1.82, 2.24) is 9.62 Å². The molecule has 2 aromatic carbocycles. The third-order valence-corrected chi connectivity index (χ3v) is 8.13. The van der Waals surface area contributed by atoms with Gasteiger partial charge >= 0.3 is 6.03 Å². The molecular weight excluding hydrogens is 434 g/mol. The molecule has 7 heteroatoms. The topological polar surface area (TPSA) is 78.5 Å². The minimum Gasteiger partial charge on any atom is -0.307 e. The average Bonchev–Trinajstić information content (AvgIpc) is 3.45. The lowest BCUT2D eigenvalue weighted by molar-refractivity contribution is 0.223. The SMILES string of the molecule is CCCN(CC)C(CS(=O)(=O)NC(=O)Nc1c2c(cc3c1CCC3)CCC2)c1ccccc1. The Morgan fingerprint density at radius 2 is 1.64 bits per heavy atom. The van der Waals surface area contributed by atoms with E-state index in [9.17, 15) is 13.2 Å². The van der Waals surface area contributed by atoms with E-state index in [0.29, 0.717) is 0 Å². The van der Waals surface area contributed by atoms with Gasteiger partial charge in [0.05, 0.1) is 11.8 Å². The summed E-state index contributed by atoms with van der Waals surface area (Å²) in [5.41, 5.74) is 6.77. The van der Waals surface area contributed by atoms with Gasteiger partial charge in [0.15, 0.2) is 0 Å². The number of hydrogen-bond acceptors (Lipinski definition) is 4. The van der Waals surface area contributed by atoms with Crippen molar-refractivity contribution in [2.45, 2.75) is 64.8 Å². The number of hydrogen-bond donors (Lipinski definition) is 2. The number of nitrogens with zero attached hydrogens (tertiary/aromatic N) is 1.